The molecule has 0 unspecified atom stereocenters. The van der Waals surface area contributed by atoms with Crippen LogP contribution in [-0.4, -0.2) is 19.6 Å². The zero-order valence-corrected chi connectivity index (χ0v) is 9.70. The highest BCUT2D eigenvalue weighted by Crippen LogP contribution is 2.18. The molecule has 0 aliphatic heterocycles. The summed E-state index contributed by atoms with van der Waals surface area (Å²) in [4.78, 5) is 30.7. The zero-order chi connectivity index (χ0) is 13.4. The average molecular weight is 255 g/mol. The molecule has 0 amide bonds. The van der Waals surface area contributed by atoms with E-state index in [4.69, 9.17) is 0 Å². The Morgan fingerprint density at radius 1 is 1.16 bits per heavy atom. The van der Waals surface area contributed by atoms with Crippen LogP contribution in [0.3, 0.4) is 0 Å². The van der Waals surface area contributed by atoms with Crippen LogP contribution in [0.15, 0.2) is 52.3 Å². The van der Waals surface area contributed by atoms with Gasteiger partial charge in [0.25, 0.3) is 5.56 Å². The van der Waals surface area contributed by atoms with E-state index >= 15 is 0 Å². The maximum atomic E-state index is 12.3. The van der Waals surface area contributed by atoms with Crippen molar-refractivity contribution in [3.05, 3.63) is 63.6 Å². The summed E-state index contributed by atoms with van der Waals surface area (Å²) in [5.74, 6) is -0.170. The van der Waals surface area contributed by atoms with Gasteiger partial charge in [-0.3, -0.25) is 9.78 Å². The van der Waals surface area contributed by atoms with Gasteiger partial charge in [-0.15, -0.1) is 0 Å². The van der Waals surface area contributed by atoms with Gasteiger partial charge in [0, 0.05) is 6.20 Å². The number of phenolic OH excluding ortho intramolecular Hbond substituents is 1. The van der Waals surface area contributed by atoms with Crippen molar-refractivity contribution in [3.8, 4) is 11.4 Å². The Labute approximate surface area is 106 Å². The summed E-state index contributed by atoms with van der Waals surface area (Å²) in [5, 5.41) is 9.84. The molecule has 1 aromatic carbocycles. The fourth-order valence-corrected chi connectivity index (χ4v) is 1.96. The number of aromatic amines is 1. The Morgan fingerprint density at radius 2 is 2.00 bits per heavy atom. The molecule has 0 spiro atoms. The molecule has 3 rings (SSSR count). The van der Waals surface area contributed by atoms with Gasteiger partial charge in [-0.1, -0.05) is 6.07 Å². The summed E-state index contributed by atoms with van der Waals surface area (Å²) in [6.45, 7) is 0. The largest absolute Gasteiger partial charge is 0.507 e. The molecule has 0 fully saturated rings. The Bertz CT molecular complexity index is 866. The molecule has 3 aromatic rings. The molecule has 6 heteroatoms. The molecule has 0 bridgehead atoms. The van der Waals surface area contributed by atoms with Crippen LogP contribution in [0.5, 0.6) is 5.75 Å². The van der Waals surface area contributed by atoms with Gasteiger partial charge in [0.1, 0.15) is 11.1 Å². The van der Waals surface area contributed by atoms with Gasteiger partial charge in [0.15, 0.2) is 0 Å². The molecule has 2 N–H and O–H groups in total. The van der Waals surface area contributed by atoms with E-state index in [0.717, 1.165) is 4.57 Å². The van der Waals surface area contributed by atoms with Crippen molar-refractivity contribution in [2.75, 3.05) is 0 Å². The minimum atomic E-state index is -0.579. The minimum Gasteiger partial charge on any atom is -0.507 e. The molecule has 94 valence electrons. The van der Waals surface area contributed by atoms with Gasteiger partial charge in [-0.2, -0.15) is 0 Å². The number of hydrogen-bond donors (Lipinski definition) is 2. The van der Waals surface area contributed by atoms with Crippen LogP contribution >= 0.6 is 0 Å². The quantitative estimate of drug-likeness (QED) is 0.672. The lowest BCUT2D eigenvalue weighted by Gasteiger charge is -2.06. The number of nitrogens with one attached hydrogen (secondary N) is 1. The zero-order valence-electron chi connectivity index (χ0n) is 9.70. The molecular weight excluding hydrogens is 246 g/mol. The van der Waals surface area contributed by atoms with Crippen molar-refractivity contribution in [2.45, 2.75) is 0 Å². The highest BCUT2D eigenvalue weighted by molar-refractivity contribution is 5.83. The van der Waals surface area contributed by atoms with Crippen LogP contribution in [0.2, 0.25) is 0 Å². The van der Waals surface area contributed by atoms with E-state index in [1.54, 1.807) is 30.5 Å². The topological polar surface area (TPSA) is 88.0 Å². The lowest BCUT2D eigenvalue weighted by molar-refractivity contribution is 0.481. The van der Waals surface area contributed by atoms with Crippen LogP contribution < -0.4 is 11.2 Å². The predicted molar refractivity (Wildman–Crippen MR) is 69.6 cm³/mol. The number of benzene rings is 1. The number of aromatic nitrogens is 3. The van der Waals surface area contributed by atoms with Crippen LogP contribution in [0.1, 0.15) is 0 Å². The second kappa shape index (κ2) is 4.09. The number of hydrogen-bond acceptors (Lipinski definition) is 4. The number of aromatic hydroxyl groups is 1. The van der Waals surface area contributed by atoms with E-state index in [1.807, 2.05) is 0 Å². The predicted octanol–water partition coefficient (Wildman–Crippen LogP) is 0.780. The van der Waals surface area contributed by atoms with Crippen molar-refractivity contribution in [3.63, 3.8) is 0 Å². The van der Waals surface area contributed by atoms with E-state index in [9.17, 15) is 14.7 Å². The molecule has 0 radical (unpaired) electrons. The first-order chi connectivity index (χ1) is 9.18. The van der Waals surface area contributed by atoms with Gasteiger partial charge >= 0.3 is 5.69 Å². The molecule has 0 saturated heterocycles. The molecule has 19 heavy (non-hydrogen) atoms. The number of pyridine rings is 1. The molecule has 0 atom stereocenters. The molecule has 6 nitrogen and oxygen atoms in total. The lowest BCUT2D eigenvalue weighted by Crippen LogP contribution is -2.33. The van der Waals surface area contributed by atoms with E-state index in [0.29, 0.717) is 11.2 Å². The van der Waals surface area contributed by atoms with Crippen molar-refractivity contribution in [2.24, 2.45) is 0 Å². The molecule has 0 aliphatic carbocycles. The fraction of sp³-hybridized carbons (Fsp3) is 0. The van der Waals surface area contributed by atoms with E-state index < -0.39 is 11.2 Å². The number of fused-ring (bicyclic) bond motifs is 1. The molecule has 0 saturated carbocycles. The van der Waals surface area contributed by atoms with Crippen molar-refractivity contribution < 1.29 is 5.11 Å². The summed E-state index contributed by atoms with van der Waals surface area (Å²) in [6, 6.07) is 7.73. The highest BCUT2D eigenvalue weighted by Gasteiger charge is 2.12. The molecule has 0 aliphatic rings. The van der Waals surface area contributed by atoms with Crippen LogP contribution in [0, 0.1) is 0 Å². The standard InChI is InChI=1S/C13H9N3O3/c17-10-5-1-4-9-11(10)12(18)16(13(19)15-9)8-3-2-6-14-7-8/h1-7,17H,(H,15,19). The van der Waals surface area contributed by atoms with E-state index in [2.05, 4.69) is 9.97 Å². The Balaban J connectivity index is 2.49. The first-order valence-electron chi connectivity index (χ1n) is 5.56. The summed E-state index contributed by atoms with van der Waals surface area (Å²) in [6.07, 6.45) is 2.95. The van der Waals surface area contributed by atoms with Crippen LogP contribution in [0.25, 0.3) is 16.6 Å². The van der Waals surface area contributed by atoms with E-state index in [1.165, 1.54) is 12.3 Å². The second-order valence-corrected chi connectivity index (χ2v) is 3.98. The first kappa shape index (κ1) is 11.2. The van der Waals surface area contributed by atoms with Gasteiger partial charge in [0.2, 0.25) is 0 Å². The van der Waals surface area contributed by atoms with Crippen molar-refractivity contribution >= 4 is 10.9 Å². The normalized spacial score (nSPS) is 10.7. The summed E-state index contributed by atoms with van der Waals surface area (Å²) >= 11 is 0. The fourth-order valence-electron chi connectivity index (χ4n) is 1.96. The molecule has 2 heterocycles. The minimum absolute atomic E-state index is 0.0750. The van der Waals surface area contributed by atoms with Crippen LogP contribution in [0.4, 0.5) is 0 Å². The third kappa shape index (κ3) is 1.70. The smallest absolute Gasteiger partial charge is 0.333 e. The monoisotopic (exact) mass is 255 g/mol. The van der Waals surface area contributed by atoms with Gasteiger partial charge in [-0.25, -0.2) is 9.36 Å². The summed E-state index contributed by atoms with van der Waals surface area (Å²) in [7, 11) is 0. The van der Waals surface area contributed by atoms with E-state index in [-0.39, 0.29) is 11.1 Å². The van der Waals surface area contributed by atoms with Crippen LogP contribution in [-0.2, 0) is 0 Å². The third-order valence-corrected chi connectivity index (χ3v) is 2.81. The number of H-pyrrole nitrogens is 1. The van der Waals surface area contributed by atoms with Gasteiger partial charge in [-0.05, 0) is 24.3 Å². The highest BCUT2D eigenvalue weighted by atomic mass is 16.3. The Morgan fingerprint density at radius 3 is 2.74 bits per heavy atom. The Hall–Kier alpha value is -2.89. The van der Waals surface area contributed by atoms with Crippen molar-refractivity contribution in [1.29, 1.82) is 0 Å². The van der Waals surface area contributed by atoms with Gasteiger partial charge < -0.3 is 10.1 Å². The number of nitrogens with zero attached hydrogens (tertiary/aromatic N) is 2. The lowest BCUT2D eigenvalue weighted by atomic mass is 10.2. The Kier molecular flexibility index (Phi) is 2.42. The summed E-state index contributed by atoms with van der Waals surface area (Å²) in [5.41, 5.74) is -0.505. The molecule has 2 aromatic heterocycles. The third-order valence-electron chi connectivity index (χ3n) is 2.81. The number of rotatable bonds is 1. The maximum absolute atomic E-state index is 12.3. The average Bonchev–Trinajstić information content (AvgIpc) is 2.39. The number of phenols is 1. The first-order valence-corrected chi connectivity index (χ1v) is 5.56. The van der Waals surface area contributed by atoms with Gasteiger partial charge in [0.05, 0.1) is 17.4 Å². The maximum Gasteiger partial charge on any atom is 0.333 e. The second-order valence-electron chi connectivity index (χ2n) is 3.98. The molecular formula is C13H9N3O3. The summed E-state index contributed by atoms with van der Waals surface area (Å²) < 4.78 is 0.940. The SMILES string of the molecule is O=c1[nH]c2cccc(O)c2c(=O)n1-c1cccnc1. The van der Waals surface area contributed by atoms with Crippen molar-refractivity contribution in [1.82, 2.24) is 14.5 Å².